The maximum absolute atomic E-state index is 11.9. The monoisotopic (exact) mass is 335 g/mol. The zero-order chi connectivity index (χ0) is 17.8. The minimum absolute atomic E-state index is 0.135. The lowest BCUT2D eigenvalue weighted by molar-refractivity contribution is 0.686. The van der Waals surface area contributed by atoms with Crippen LogP contribution in [0.3, 0.4) is 0 Å². The molecule has 2 aliphatic rings. The molecular weight excluding hydrogens is 314 g/mol. The summed E-state index contributed by atoms with van der Waals surface area (Å²) in [6, 6.07) is 16.4. The van der Waals surface area contributed by atoms with Gasteiger partial charge in [0.25, 0.3) is 0 Å². The lowest BCUT2D eigenvalue weighted by Gasteiger charge is -2.13. The molecule has 6 nitrogen and oxygen atoms in total. The molecule has 128 valence electrons. The second-order valence-corrected chi connectivity index (χ2v) is 5.63. The van der Waals surface area contributed by atoms with Crippen molar-refractivity contribution in [1.29, 1.82) is 0 Å². The lowest BCUT2D eigenvalue weighted by Crippen LogP contribution is -2.28. The number of hydrogen-bond acceptors (Lipinski definition) is 5. The Morgan fingerprint density at radius 3 is 2.12 bits per heavy atom. The summed E-state index contributed by atoms with van der Waals surface area (Å²) >= 11 is 0. The van der Waals surface area contributed by atoms with Gasteiger partial charge in [0.05, 0.1) is 0 Å². The van der Waals surface area contributed by atoms with Crippen molar-refractivity contribution < 1.29 is 0 Å². The molecule has 0 saturated carbocycles. The molecule has 1 aromatic heterocycles. The molecule has 0 unspecified atom stereocenters. The standard InChI is InChI=1S/C13H17N5O.C6H4/c1-3-9-7-5-6-8-10(9)11-15-12(17-14)16-13(19)18(11)4-2;1-2-6-4-3-5(1)6/h5-8H,3-4,14H2,1-2H3,(H,16,17,19);1-4H. The van der Waals surface area contributed by atoms with E-state index in [9.17, 15) is 4.79 Å². The van der Waals surface area contributed by atoms with Crippen molar-refractivity contribution in [2.24, 2.45) is 5.84 Å². The fourth-order valence-electron chi connectivity index (χ4n) is 2.69. The Labute approximate surface area is 146 Å². The number of hydrazine groups is 1. The molecule has 0 fully saturated rings. The molecule has 0 saturated heterocycles. The van der Waals surface area contributed by atoms with Gasteiger partial charge < -0.3 is 0 Å². The second-order valence-electron chi connectivity index (χ2n) is 5.63. The van der Waals surface area contributed by atoms with Gasteiger partial charge in [-0.25, -0.2) is 10.6 Å². The molecule has 0 amide bonds. The summed E-state index contributed by atoms with van der Waals surface area (Å²) in [4.78, 5) is 20.0. The summed E-state index contributed by atoms with van der Waals surface area (Å²) in [6.07, 6.45) is 0.865. The highest BCUT2D eigenvalue weighted by atomic mass is 16.1. The van der Waals surface area contributed by atoms with Gasteiger partial charge in [-0.15, -0.1) is 0 Å². The van der Waals surface area contributed by atoms with E-state index in [-0.39, 0.29) is 11.6 Å². The van der Waals surface area contributed by atoms with Gasteiger partial charge >= 0.3 is 5.69 Å². The summed E-state index contributed by atoms with van der Waals surface area (Å²) < 4.78 is 1.54. The molecule has 25 heavy (non-hydrogen) atoms. The summed E-state index contributed by atoms with van der Waals surface area (Å²) in [6.45, 7) is 4.46. The minimum atomic E-state index is -0.355. The molecule has 2 aliphatic carbocycles. The van der Waals surface area contributed by atoms with Gasteiger partial charge in [-0.3, -0.25) is 9.99 Å². The maximum Gasteiger partial charge on any atom is 0.352 e. The predicted octanol–water partition coefficient (Wildman–Crippen LogP) is 2.84. The average Bonchev–Trinajstić information content (AvgIpc) is 2.64. The van der Waals surface area contributed by atoms with Crippen molar-refractivity contribution >= 4 is 5.95 Å². The van der Waals surface area contributed by atoms with Gasteiger partial charge in [-0.05, 0) is 30.0 Å². The number of anilines is 1. The Morgan fingerprint density at radius 2 is 1.64 bits per heavy atom. The number of aromatic nitrogens is 3. The van der Waals surface area contributed by atoms with Crippen molar-refractivity contribution in [2.75, 3.05) is 5.43 Å². The summed E-state index contributed by atoms with van der Waals surface area (Å²) in [7, 11) is 0. The first kappa shape index (κ1) is 16.9. The van der Waals surface area contributed by atoms with E-state index >= 15 is 0 Å². The summed E-state index contributed by atoms with van der Waals surface area (Å²) in [5.41, 5.74) is 6.89. The first-order valence-electron chi connectivity index (χ1n) is 8.32. The van der Waals surface area contributed by atoms with E-state index in [1.165, 1.54) is 15.7 Å². The zero-order valence-corrected chi connectivity index (χ0v) is 14.4. The van der Waals surface area contributed by atoms with Crippen molar-refractivity contribution in [3.05, 3.63) is 64.6 Å². The largest absolute Gasteiger partial charge is 0.352 e. The first-order chi connectivity index (χ1) is 12.2. The fraction of sp³-hybridized carbons (Fsp3) is 0.211. The molecule has 0 aliphatic heterocycles. The zero-order valence-electron chi connectivity index (χ0n) is 14.4. The lowest BCUT2D eigenvalue weighted by atomic mass is 9.95. The van der Waals surface area contributed by atoms with Crippen LogP contribution in [-0.2, 0) is 13.0 Å². The number of nitrogens with zero attached hydrogens (tertiary/aromatic N) is 3. The quantitative estimate of drug-likeness (QED) is 0.442. The molecule has 1 heterocycles. The van der Waals surface area contributed by atoms with Crippen LogP contribution < -0.4 is 17.0 Å². The van der Waals surface area contributed by atoms with E-state index in [0.717, 1.165) is 17.5 Å². The van der Waals surface area contributed by atoms with E-state index in [4.69, 9.17) is 5.84 Å². The number of nitrogen functional groups attached to an aromatic ring is 1. The molecule has 2 aromatic rings. The second kappa shape index (κ2) is 7.27. The van der Waals surface area contributed by atoms with Gasteiger partial charge in [0.2, 0.25) is 5.95 Å². The molecule has 0 bridgehead atoms. The Kier molecular flexibility index (Phi) is 4.90. The number of benzene rings is 2. The third kappa shape index (κ3) is 3.29. The number of fused-ring (bicyclic) bond motifs is 1. The smallest absolute Gasteiger partial charge is 0.292 e. The molecular formula is C19H21N5O. The SMILES string of the molecule is CCc1ccccc1-c1nc(NN)nc(=O)n1CC.c1cc2ccc1-2. The van der Waals surface area contributed by atoms with Crippen LogP contribution in [0.15, 0.2) is 53.3 Å². The number of hydrogen-bond donors (Lipinski definition) is 2. The van der Waals surface area contributed by atoms with Crippen LogP contribution in [0.1, 0.15) is 19.4 Å². The Hall–Kier alpha value is -2.99. The topological polar surface area (TPSA) is 85.8 Å². The average molecular weight is 335 g/mol. The van der Waals surface area contributed by atoms with Gasteiger partial charge in [-0.2, -0.15) is 9.97 Å². The van der Waals surface area contributed by atoms with Crippen molar-refractivity contribution in [1.82, 2.24) is 14.5 Å². The number of nitrogens with one attached hydrogen (secondary N) is 1. The molecule has 0 radical (unpaired) electrons. The number of aryl methyl sites for hydroxylation is 1. The Bertz CT molecular complexity index is 910. The van der Waals surface area contributed by atoms with Crippen LogP contribution in [0.5, 0.6) is 0 Å². The van der Waals surface area contributed by atoms with Crippen molar-refractivity contribution in [2.45, 2.75) is 26.8 Å². The number of nitrogens with two attached hydrogens (primary N) is 1. The Balaban J connectivity index is 0.000000250. The van der Waals surface area contributed by atoms with Crippen LogP contribution in [0.2, 0.25) is 0 Å². The van der Waals surface area contributed by atoms with E-state index < -0.39 is 0 Å². The number of rotatable bonds is 4. The van der Waals surface area contributed by atoms with Gasteiger partial charge in [-0.1, -0.05) is 55.5 Å². The highest BCUT2D eigenvalue weighted by Gasteiger charge is 2.13. The summed E-state index contributed by atoms with van der Waals surface area (Å²) in [5, 5.41) is 0. The highest BCUT2D eigenvalue weighted by Crippen LogP contribution is 2.29. The maximum atomic E-state index is 11.9. The van der Waals surface area contributed by atoms with Crippen molar-refractivity contribution in [3.8, 4) is 22.5 Å². The van der Waals surface area contributed by atoms with E-state index in [2.05, 4.69) is 46.6 Å². The molecule has 0 atom stereocenters. The van der Waals surface area contributed by atoms with Crippen LogP contribution in [0.25, 0.3) is 22.5 Å². The fourth-order valence-corrected chi connectivity index (χ4v) is 2.69. The van der Waals surface area contributed by atoms with Crippen LogP contribution in [-0.4, -0.2) is 14.5 Å². The van der Waals surface area contributed by atoms with Gasteiger partial charge in [0.15, 0.2) is 0 Å². The Morgan fingerprint density at radius 1 is 1.00 bits per heavy atom. The van der Waals surface area contributed by atoms with E-state index in [1.54, 1.807) is 0 Å². The first-order valence-corrected chi connectivity index (χ1v) is 8.32. The molecule has 4 rings (SSSR count). The van der Waals surface area contributed by atoms with Crippen LogP contribution in [0.4, 0.5) is 5.95 Å². The van der Waals surface area contributed by atoms with Crippen LogP contribution >= 0.6 is 0 Å². The van der Waals surface area contributed by atoms with Crippen molar-refractivity contribution in [3.63, 3.8) is 0 Å². The minimum Gasteiger partial charge on any atom is -0.292 e. The third-order valence-corrected chi connectivity index (χ3v) is 4.20. The van der Waals surface area contributed by atoms with Gasteiger partial charge in [0.1, 0.15) is 5.82 Å². The molecule has 1 aromatic carbocycles. The molecule has 0 spiro atoms. The normalized spacial score (nSPS) is 10.7. The molecule has 3 N–H and O–H groups in total. The third-order valence-electron chi connectivity index (χ3n) is 4.20. The highest BCUT2D eigenvalue weighted by molar-refractivity contribution is 5.75. The molecule has 6 heteroatoms. The van der Waals surface area contributed by atoms with E-state index in [1.807, 2.05) is 31.2 Å². The van der Waals surface area contributed by atoms with Crippen LogP contribution in [0, 0.1) is 0 Å². The van der Waals surface area contributed by atoms with Gasteiger partial charge in [0, 0.05) is 12.1 Å². The van der Waals surface area contributed by atoms with E-state index in [0.29, 0.717) is 12.4 Å². The predicted molar refractivity (Wildman–Crippen MR) is 100 cm³/mol. The summed E-state index contributed by atoms with van der Waals surface area (Å²) in [5.74, 6) is 6.03.